The molecule has 40 valence electrons. The SMILES string of the molecule is O=C([O-])OB(O)O.[Na+]. The molecule has 8 heavy (non-hydrogen) atoms. The van der Waals surface area contributed by atoms with Gasteiger partial charge >= 0.3 is 36.9 Å². The minimum absolute atomic E-state index is 0. The van der Waals surface area contributed by atoms with E-state index in [1.807, 2.05) is 0 Å². The zero-order valence-corrected chi connectivity index (χ0v) is 6.20. The van der Waals surface area contributed by atoms with Crippen molar-refractivity contribution in [1.29, 1.82) is 0 Å². The van der Waals surface area contributed by atoms with Crippen LogP contribution >= 0.6 is 0 Å². The molecule has 0 fully saturated rings. The number of hydrogen-bond acceptors (Lipinski definition) is 5. The number of carbonyl (C=O) groups is 1. The maximum Gasteiger partial charge on any atom is 1.00 e. The molecule has 0 bridgehead atoms. The van der Waals surface area contributed by atoms with Crippen molar-refractivity contribution >= 4 is 13.5 Å². The maximum atomic E-state index is 9.16. The van der Waals surface area contributed by atoms with Gasteiger partial charge in [0.1, 0.15) is 0 Å². The van der Waals surface area contributed by atoms with Crippen LogP contribution in [0.1, 0.15) is 0 Å². The summed E-state index contributed by atoms with van der Waals surface area (Å²) in [5, 5.41) is 24.4. The Morgan fingerprint density at radius 3 is 2.00 bits per heavy atom. The Morgan fingerprint density at radius 1 is 1.62 bits per heavy atom. The predicted molar refractivity (Wildman–Crippen MR) is 16.7 cm³/mol. The van der Waals surface area contributed by atoms with E-state index in [9.17, 15) is 0 Å². The van der Waals surface area contributed by atoms with Crippen LogP contribution < -0.4 is 34.7 Å². The van der Waals surface area contributed by atoms with Crippen molar-refractivity contribution in [3.63, 3.8) is 0 Å². The number of rotatable bonds is 1. The topological polar surface area (TPSA) is 89.8 Å². The summed E-state index contributed by atoms with van der Waals surface area (Å²) in [7, 11) is -2.29. The van der Waals surface area contributed by atoms with Gasteiger partial charge in [0.2, 0.25) is 6.16 Å². The first-order valence-electron chi connectivity index (χ1n) is 1.36. The van der Waals surface area contributed by atoms with Gasteiger partial charge in [-0.05, 0) is 0 Å². The van der Waals surface area contributed by atoms with E-state index in [1.165, 1.54) is 0 Å². The Bertz CT molecular complexity index is 72.8. The van der Waals surface area contributed by atoms with Gasteiger partial charge in [-0.2, -0.15) is 0 Å². The normalized spacial score (nSPS) is 6.75. The van der Waals surface area contributed by atoms with Crippen molar-refractivity contribution in [1.82, 2.24) is 0 Å². The van der Waals surface area contributed by atoms with Crippen LogP contribution in [0.15, 0.2) is 0 Å². The van der Waals surface area contributed by atoms with Gasteiger partial charge in [-0.25, -0.2) is 0 Å². The number of hydrogen-bond donors (Lipinski definition) is 2. The fraction of sp³-hybridized carbons (Fsp3) is 0. The van der Waals surface area contributed by atoms with Gasteiger partial charge in [-0.15, -0.1) is 0 Å². The molecule has 0 aliphatic rings. The quantitative estimate of drug-likeness (QED) is 0.343. The molecule has 0 saturated carbocycles. The van der Waals surface area contributed by atoms with Gasteiger partial charge in [-0.3, -0.25) is 0 Å². The van der Waals surface area contributed by atoms with E-state index in [4.69, 9.17) is 19.9 Å². The Hall–Kier alpha value is 0.255. The zero-order valence-electron chi connectivity index (χ0n) is 4.20. The minimum atomic E-state index is -2.29. The summed E-state index contributed by atoms with van der Waals surface area (Å²) in [4.78, 5) is 9.16. The monoisotopic (exact) mass is 128 g/mol. The van der Waals surface area contributed by atoms with Crippen molar-refractivity contribution in [3.8, 4) is 0 Å². The number of carboxylic acid groups (broad SMARTS) is 1. The second-order valence-electron chi connectivity index (χ2n) is 0.694. The summed E-state index contributed by atoms with van der Waals surface area (Å²) in [6.07, 6.45) is -1.96. The van der Waals surface area contributed by atoms with E-state index in [-0.39, 0.29) is 29.6 Å². The van der Waals surface area contributed by atoms with E-state index in [0.717, 1.165) is 0 Å². The molecular formula is CH2BNaO5. The average molecular weight is 128 g/mol. The van der Waals surface area contributed by atoms with E-state index in [2.05, 4.69) is 4.65 Å². The first kappa shape index (κ1) is 11.1. The summed E-state index contributed by atoms with van der Waals surface area (Å²) < 4.78 is 3.17. The van der Waals surface area contributed by atoms with Gasteiger partial charge in [-0.1, -0.05) is 0 Å². The molecular weight excluding hydrogens is 126 g/mol. The fourth-order valence-corrected chi connectivity index (χ4v) is 0.0861. The first-order valence-corrected chi connectivity index (χ1v) is 1.36. The van der Waals surface area contributed by atoms with Crippen LogP contribution in [0.4, 0.5) is 4.79 Å². The molecule has 0 aliphatic carbocycles. The predicted octanol–water partition coefficient (Wildman–Crippen LogP) is -5.68. The molecule has 0 saturated heterocycles. The van der Waals surface area contributed by atoms with Crippen LogP contribution in [0.5, 0.6) is 0 Å². The third-order valence-electron chi connectivity index (χ3n) is 0.202. The van der Waals surface area contributed by atoms with Crippen LogP contribution in [0.25, 0.3) is 0 Å². The molecule has 5 nitrogen and oxygen atoms in total. The largest absolute Gasteiger partial charge is 1.00 e. The van der Waals surface area contributed by atoms with E-state index in [0.29, 0.717) is 0 Å². The second-order valence-corrected chi connectivity index (χ2v) is 0.694. The molecule has 2 N–H and O–H groups in total. The zero-order chi connectivity index (χ0) is 5.86. The van der Waals surface area contributed by atoms with Crippen molar-refractivity contribution in [3.05, 3.63) is 0 Å². The first-order chi connectivity index (χ1) is 3.13. The Kier molecular flexibility index (Phi) is 7.49. The summed E-state index contributed by atoms with van der Waals surface area (Å²) in [6, 6.07) is 0. The van der Waals surface area contributed by atoms with Crippen LogP contribution in [0.2, 0.25) is 0 Å². The fourth-order valence-electron chi connectivity index (χ4n) is 0.0861. The van der Waals surface area contributed by atoms with Gasteiger partial charge < -0.3 is 24.6 Å². The maximum absolute atomic E-state index is 9.16. The molecule has 0 radical (unpaired) electrons. The number of carbonyl (C=O) groups excluding carboxylic acids is 1. The second kappa shape index (κ2) is 5.39. The van der Waals surface area contributed by atoms with Crippen LogP contribution in [0.3, 0.4) is 0 Å². The Morgan fingerprint density at radius 2 is 2.00 bits per heavy atom. The molecule has 0 aliphatic heterocycles. The van der Waals surface area contributed by atoms with Crippen LogP contribution in [-0.2, 0) is 4.65 Å². The molecule has 0 rings (SSSR count). The molecule has 0 heterocycles. The van der Waals surface area contributed by atoms with Gasteiger partial charge in [0.05, 0.1) is 0 Å². The summed E-state index contributed by atoms with van der Waals surface area (Å²) in [6.45, 7) is 0. The van der Waals surface area contributed by atoms with Gasteiger partial charge in [0.25, 0.3) is 0 Å². The average Bonchev–Trinajstić information content (AvgIpc) is 1.27. The van der Waals surface area contributed by atoms with E-state index in [1.54, 1.807) is 0 Å². The molecule has 0 unspecified atom stereocenters. The summed E-state index contributed by atoms with van der Waals surface area (Å²) in [5.41, 5.74) is 0. The molecule has 0 aromatic rings. The molecule has 7 heteroatoms. The van der Waals surface area contributed by atoms with Crippen LogP contribution in [0, 0.1) is 0 Å². The standard InChI is InChI=1S/CH3BO5.Na/c3-1(4)7-2(5)6;/h5-6H,(H,3,4);/q;+1/p-1. The van der Waals surface area contributed by atoms with Crippen molar-refractivity contribution in [2.24, 2.45) is 0 Å². The Balaban J connectivity index is 0. The molecule has 0 spiro atoms. The third kappa shape index (κ3) is 9.54. The van der Waals surface area contributed by atoms with Gasteiger partial charge in [0.15, 0.2) is 0 Å². The molecule has 0 aromatic carbocycles. The van der Waals surface area contributed by atoms with Crippen LogP contribution in [-0.4, -0.2) is 23.5 Å². The van der Waals surface area contributed by atoms with Crippen molar-refractivity contribution in [2.45, 2.75) is 0 Å². The summed E-state index contributed by atoms with van der Waals surface area (Å²) >= 11 is 0. The molecule has 0 aromatic heterocycles. The summed E-state index contributed by atoms with van der Waals surface area (Å²) in [5.74, 6) is 0. The van der Waals surface area contributed by atoms with Crippen molar-refractivity contribution < 1.29 is 54.2 Å². The van der Waals surface area contributed by atoms with E-state index >= 15 is 0 Å². The minimum Gasteiger partial charge on any atom is -0.553 e. The molecule has 0 amide bonds. The van der Waals surface area contributed by atoms with Crippen molar-refractivity contribution in [2.75, 3.05) is 0 Å². The third-order valence-corrected chi connectivity index (χ3v) is 0.202. The molecule has 0 atom stereocenters. The smallest absolute Gasteiger partial charge is 0.553 e. The van der Waals surface area contributed by atoms with E-state index < -0.39 is 13.5 Å². The van der Waals surface area contributed by atoms with Gasteiger partial charge in [0, 0.05) is 0 Å². The Labute approximate surface area is 67.7 Å².